The molecule has 3 heteroatoms. The molecule has 5 rings (SSSR count). The summed E-state index contributed by atoms with van der Waals surface area (Å²) >= 11 is 0. The van der Waals surface area contributed by atoms with Crippen molar-refractivity contribution in [2.24, 2.45) is 10.5 Å². The summed E-state index contributed by atoms with van der Waals surface area (Å²) in [6.07, 6.45) is 1.17. The van der Waals surface area contributed by atoms with Gasteiger partial charge in [0.1, 0.15) is 6.17 Å². The number of benzene rings is 3. The van der Waals surface area contributed by atoms with E-state index in [0.717, 1.165) is 12.1 Å². The van der Waals surface area contributed by atoms with E-state index in [1.54, 1.807) is 0 Å². The van der Waals surface area contributed by atoms with E-state index in [4.69, 9.17) is 5.10 Å². The first-order valence-electron chi connectivity index (χ1n) is 10.4. The average molecular weight is 382 g/mol. The monoisotopic (exact) mass is 381 g/mol. The maximum absolute atomic E-state index is 5.25. The van der Waals surface area contributed by atoms with Crippen LogP contribution in [-0.2, 0) is 0 Å². The Kier molecular flexibility index (Phi) is 4.20. The first kappa shape index (κ1) is 18.0. The Morgan fingerprint density at radius 1 is 0.862 bits per heavy atom. The Morgan fingerprint density at radius 3 is 2.21 bits per heavy atom. The lowest BCUT2D eigenvalue weighted by atomic mass is 9.73. The number of anilines is 2. The lowest BCUT2D eigenvalue weighted by molar-refractivity contribution is 0.337. The second kappa shape index (κ2) is 6.77. The highest BCUT2D eigenvalue weighted by Crippen LogP contribution is 2.51. The molecule has 0 fully saturated rings. The zero-order valence-electron chi connectivity index (χ0n) is 17.3. The van der Waals surface area contributed by atoms with Crippen molar-refractivity contribution >= 4 is 17.1 Å². The van der Waals surface area contributed by atoms with Crippen LogP contribution in [0.1, 0.15) is 37.3 Å². The molecule has 0 saturated carbocycles. The second-order valence-corrected chi connectivity index (χ2v) is 8.56. The van der Waals surface area contributed by atoms with Gasteiger partial charge in [0.05, 0.1) is 16.8 Å². The molecule has 0 spiro atoms. The number of hydrazone groups is 1. The maximum Gasteiger partial charge on any atom is 0.134 e. The minimum Gasteiger partial charge on any atom is -0.352 e. The predicted molar refractivity (Wildman–Crippen MR) is 122 cm³/mol. The van der Waals surface area contributed by atoms with Gasteiger partial charge in [-0.25, -0.2) is 5.01 Å². The van der Waals surface area contributed by atoms with Crippen molar-refractivity contribution in [3.63, 3.8) is 0 Å². The normalized spacial score (nSPS) is 25.8. The minimum atomic E-state index is -0.107. The van der Waals surface area contributed by atoms with Gasteiger partial charge in [-0.15, -0.1) is 0 Å². The van der Waals surface area contributed by atoms with Gasteiger partial charge in [0.2, 0.25) is 0 Å². The van der Waals surface area contributed by atoms with Crippen LogP contribution in [0.3, 0.4) is 0 Å². The van der Waals surface area contributed by atoms with Crippen molar-refractivity contribution in [1.29, 1.82) is 0 Å². The summed E-state index contributed by atoms with van der Waals surface area (Å²) in [5, 5.41) is 7.49. The number of para-hydroxylation sites is 2. The number of rotatable bonds is 2. The molecular formula is C26H27N3. The van der Waals surface area contributed by atoms with Crippen molar-refractivity contribution in [3.05, 3.63) is 96.1 Å². The summed E-state index contributed by atoms with van der Waals surface area (Å²) in [6, 6.07) is 30.1. The molecule has 0 saturated heterocycles. The van der Waals surface area contributed by atoms with Crippen LogP contribution in [0, 0.1) is 5.41 Å². The molecule has 2 aliphatic rings. The molecular weight excluding hydrogens is 354 g/mol. The molecule has 146 valence electrons. The van der Waals surface area contributed by atoms with Crippen LogP contribution in [0.5, 0.6) is 0 Å². The summed E-state index contributed by atoms with van der Waals surface area (Å²) < 4.78 is 0. The standard InChI is InChI=1S/C26H27N3/c1-19-18-26(2)24(20-12-6-4-7-13-20)27-29(21-14-8-5-9-15-21)25(26)28(3)23-17-11-10-16-22(19)23/h4-17,19,25H,18H2,1-3H3/t19-,25-,26+/m1/s1. The summed E-state index contributed by atoms with van der Waals surface area (Å²) in [7, 11) is 2.22. The van der Waals surface area contributed by atoms with Crippen LogP contribution < -0.4 is 9.91 Å². The first-order valence-corrected chi connectivity index (χ1v) is 10.4. The second-order valence-electron chi connectivity index (χ2n) is 8.56. The third-order valence-corrected chi connectivity index (χ3v) is 6.56. The van der Waals surface area contributed by atoms with E-state index in [-0.39, 0.29) is 11.6 Å². The van der Waals surface area contributed by atoms with E-state index in [1.807, 2.05) is 0 Å². The maximum atomic E-state index is 5.25. The van der Waals surface area contributed by atoms with Crippen molar-refractivity contribution < 1.29 is 0 Å². The van der Waals surface area contributed by atoms with Gasteiger partial charge in [-0.05, 0) is 41.7 Å². The quantitative estimate of drug-likeness (QED) is 0.551. The molecule has 2 heterocycles. The summed E-state index contributed by atoms with van der Waals surface area (Å²) in [5.41, 5.74) is 6.15. The molecule has 0 aliphatic carbocycles. The summed E-state index contributed by atoms with van der Waals surface area (Å²) in [5.74, 6) is 0.452. The Labute approximate surface area is 173 Å². The molecule has 3 aromatic rings. The van der Waals surface area contributed by atoms with E-state index in [9.17, 15) is 0 Å². The Balaban J connectivity index is 1.72. The van der Waals surface area contributed by atoms with Crippen molar-refractivity contribution in [3.8, 4) is 0 Å². The minimum absolute atomic E-state index is 0.107. The Hall–Kier alpha value is -3.07. The fourth-order valence-electron chi connectivity index (χ4n) is 5.33. The lowest BCUT2D eigenvalue weighted by Gasteiger charge is -2.41. The third kappa shape index (κ3) is 2.76. The van der Waals surface area contributed by atoms with Gasteiger partial charge in [-0.1, -0.05) is 80.6 Å². The zero-order chi connectivity index (χ0) is 20.0. The molecule has 3 aromatic carbocycles. The van der Waals surface area contributed by atoms with Crippen molar-refractivity contribution in [2.75, 3.05) is 17.0 Å². The highest BCUT2D eigenvalue weighted by atomic mass is 15.6. The molecule has 0 N–H and O–H groups in total. The van der Waals surface area contributed by atoms with E-state index in [0.29, 0.717) is 5.92 Å². The molecule has 0 aromatic heterocycles. The molecule has 0 amide bonds. The molecule has 2 aliphatic heterocycles. The van der Waals surface area contributed by atoms with E-state index < -0.39 is 0 Å². The van der Waals surface area contributed by atoms with Gasteiger partial charge in [-0.2, -0.15) is 5.10 Å². The van der Waals surface area contributed by atoms with E-state index >= 15 is 0 Å². The zero-order valence-corrected chi connectivity index (χ0v) is 17.3. The van der Waals surface area contributed by atoms with Crippen LogP contribution in [0.15, 0.2) is 90.0 Å². The van der Waals surface area contributed by atoms with Crippen LogP contribution in [0.2, 0.25) is 0 Å². The molecule has 29 heavy (non-hydrogen) atoms. The highest BCUT2D eigenvalue weighted by Gasteiger charge is 2.53. The van der Waals surface area contributed by atoms with Gasteiger partial charge in [-0.3, -0.25) is 0 Å². The van der Waals surface area contributed by atoms with Crippen LogP contribution >= 0.6 is 0 Å². The van der Waals surface area contributed by atoms with Crippen LogP contribution in [0.4, 0.5) is 11.4 Å². The molecule has 0 bridgehead atoms. The third-order valence-electron chi connectivity index (χ3n) is 6.56. The smallest absolute Gasteiger partial charge is 0.134 e. The molecule has 3 atom stereocenters. The summed E-state index contributed by atoms with van der Waals surface area (Å²) in [4.78, 5) is 2.44. The van der Waals surface area contributed by atoms with Gasteiger partial charge >= 0.3 is 0 Å². The fourth-order valence-corrected chi connectivity index (χ4v) is 5.33. The number of fused-ring (bicyclic) bond motifs is 2. The lowest BCUT2D eigenvalue weighted by Crippen LogP contribution is -2.52. The Bertz CT molecular complexity index is 1040. The SMILES string of the molecule is C[C@@H]1C[C@@]2(C)C(c3ccccc3)=NN(c3ccccc3)[C@H]2N(C)c2ccccc21. The number of hydrogen-bond donors (Lipinski definition) is 0. The van der Waals surface area contributed by atoms with Crippen molar-refractivity contribution in [2.45, 2.75) is 32.4 Å². The first-order chi connectivity index (χ1) is 14.1. The largest absolute Gasteiger partial charge is 0.352 e. The number of hydrogen-bond acceptors (Lipinski definition) is 3. The Morgan fingerprint density at radius 2 is 1.48 bits per heavy atom. The predicted octanol–water partition coefficient (Wildman–Crippen LogP) is 5.89. The van der Waals surface area contributed by atoms with Gasteiger partial charge < -0.3 is 4.90 Å². The van der Waals surface area contributed by atoms with Gasteiger partial charge in [0, 0.05) is 12.7 Å². The molecule has 3 nitrogen and oxygen atoms in total. The van der Waals surface area contributed by atoms with Gasteiger partial charge in [0.15, 0.2) is 0 Å². The molecule has 0 unspecified atom stereocenters. The summed E-state index contributed by atoms with van der Waals surface area (Å²) in [6.45, 7) is 4.75. The number of nitrogens with zero attached hydrogens (tertiary/aromatic N) is 3. The van der Waals surface area contributed by atoms with Crippen LogP contribution in [0.25, 0.3) is 0 Å². The average Bonchev–Trinajstić information content (AvgIpc) is 3.03. The van der Waals surface area contributed by atoms with Crippen molar-refractivity contribution in [1.82, 2.24) is 0 Å². The van der Waals surface area contributed by atoms with Crippen LogP contribution in [-0.4, -0.2) is 18.9 Å². The highest BCUT2D eigenvalue weighted by molar-refractivity contribution is 6.08. The van der Waals surface area contributed by atoms with E-state index in [1.165, 1.54) is 22.5 Å². The van der Waals surface area contributed by atoms with Gasteiger partial charge in [0.25, 0.3) is 0 Å². The fraction of sp³-hybridized carbons (Fsp3) is 0.269. The van der Waals surface area contributed by atoms with E-state index in [2.05, 4.69) is 116 Å². The topological polar surface area (TPSA) is 18.8 Å². The molecule has 0 radical (unpaired) electrons.